The number of hydrogen-bond donors (Lipinski definition) is 2. The number of carbonyl (C=O) groups is 1. The summed E-state index contributed by atoms with van der Waals surface area (Å²) in [5.74, 6) is -0.286. The van der Waals surface area contributed by atoms with Gasteiger partial charge in [-0.2, -0.15) is 0 Å². The van der Waals surface area contributed by atoms with Crippen LogP contribution in [0.25, 0.3) is 0 Å². The fourth-order valence-electron chi connectivity index (χ4n) is 1.05. The highest BCUT2D eigenvalue weighted by molar-refractivity contribution is 6.38. The molecule has 0 spiro atoms. The van der Waals surface area contributed by atoms with Gasteiger partial charge in [-0.1, -0.05) is 23.2 Å². The van der Waals surface area contributed by atoms with Crippen molar-refractivity contribution in [2.24, 2.45) is 5.73 Å². The van der Waals surface area contributed by atoms with Crippen LogP contribution in [-0.4, -0.2) is 21.4 Å². The van der Waals surface area contributed by atoms with E-state index >= 15 is 0 Å². The molecule has 16 heavy (non-hydrogen) atoms. The Balaban J connectivity index is 2.78. The molecule has 0 aliphatic heterocycles. The molecule has 1 rings (SSSR count). The van der Waals surface area contributed by atoms with Crippen molar-refractivity contribution in [2.45, 2.75) is 25.8 Å². The van der Waals surface area contributed by atoms with Gasteiger partial charge in [0, 0.05) is 12.0 Å². The van der Waals surface area contributed by atoms with Crippen molar-refractivity contribution in [1.29, 1.82) is 0 Å². The first-order valence-corrected chi connectivity index (χ1v) is 5.30. The molecule has 7 heteroatoms. The van der Waals surface area contributed by atoms with Gasteiger partial charge in [-0.3, -0.25) is 4.79 Å². The molecular formula is C9H12Cl2N4O. The molecule has 0 radical (unpaired) electrons. The summed E-state index contributed by atoms with van der Waals surface area (Å²) in [6.07, 6.45) is 1.36. The molecule has 0 atom stereocenters. The third-order valence-electron chi connectivity index (χ3n) is 1.64. The van der Waals surface area contributed by atoms with Crippen molar-refractivity contribution in [1.82, 2.24) is 9.97 Å². The lowest BCUT2D eigenvalue weighted by molar-refractivity contribution is -0.117. The maximum atomic E-state index is 11.6. The third kappa shape index (κ3) is 3.92. The topological polar surface area (TPSA) is 80.9 Å². The fraction of sp³-hybridized carbons (Fsp3) is 0.444. The molecular weight excluding hydrogens is 251 g/mol. The van der Waals surface area contributed by atoms with E-state index in [4.69, 9.17) is 28.9 Å². The van der Waals surface area contributed by atoms with E-state index in [0.717, 1.165) is 0 Å². The van der Waals surface area contributed by atoms with Crippen LogP contribution in [0.15, 0.2) is 6.33 Å². The molecule has 3 N–H and O–H groups in total. The lowest BCUT2D eigenvalue weighted by Gasteiger charge is -2.17. The largest absolute Gasteiger partial charge is 0.325 e. The summed E-state index contributed by atoms with van der Waals surface area (Å²) in [6.45, 7) is 3.49. The van der Waals surface area contributed by atoms with Gasteiger partial charge in [0.05, 0.1) is 0 Å². The molecule has 1 aromatic rings. The molecule has 5 nitrogen and oxygen atoms in total. The lowest BCUT2D eigenvalue weighted by atomic mass is 10.0. The van der Waals surface area contributed by atoms with Gasteiger partial charge in [0.25, 0.3) is 0 Å². The quantitative estimate of drug-likeness (QED) is 0.815. The number of carbonyl (C=O) groups excluding carboxylic acids is 1. The molecule has 0 aliphatic carbocycles. The molecule has 1 aromatic heterocycles. The molecule has 0 aliphatic rings. The van der Waals surface area contributed by atoms with Crippen molar-refractivity contribution in [3.05, 3.63) is 16.6 Å². The molecule has 0 bridgehead atoms. The maximum Gasteiger partial charge on any atom is 0.226 e. The van der Waals surface area contributed by atoms with Crippen LogP contribution in [0, 0.1) is 0 Å². The molecule has 1 heterocycles. The Morgan fingerprint density at radius 2 is 1.94 bits per heavy atom. The van der Waals surface area contributed by atoms with Crippen molar-refractivity contribution in [3.63, 3.8) is 0 Å². The van der Waals surface area contributed by atoms with Gasteiger partial charge < -0.3 is 11.1 Å². The number of hydrogen-bond acceptors (Lipinski definition) is 4. The van der Waals surface area contributed by atoms with Crippen molar-refractivity contribution in [3.8, 4) is 0 Å². The number of aromatic nitrogens is 2. The van der Waals surface area contributed by atoms with Crippen LogP contribution in [-0.2, 0) is 4.79 Å². The minimum Gasteiger partial charge on any atom is -0.325 e. The Kier molecular flexibility index (Phi) is 4.07. The standard InChI is InChI=1S/C9H12Cl2N4O/c1-9(2,12)3-5(16)15-6-7(10)13-4-14-8(6)11/h4H,3,12H2,1-2H3,(H,15,16). The lowest BCUT2D eigenvalue weighted by Crippen LogP contribution is -2.36. The predicted octanol–water partition coefficient (Wildman–Crippen LogP) is 1.85. The highest BCUT2D eigenvalue weighted by atomic mass is 35.5. The highest BCUT2D eigenvalue weighted by Gasteiger charge is 2.18. The second-order valence-corrected chi connectivity index (χ2v) is 4.76. The van der Waals surface area contributed by atoms with Gasteiger partial charge in [-0.05, 0) is 13.8 Å². The van der Waals surface area contributed by atoms with Crippen molar-refractivity contribution in [2.75, 3.05) is 5.32 Å². The number of nitrogens with zero attached hydrogens (tertiary/aromatic N) is 2. The minimum atomic E-state index is -0.599. The summed E-state index contributed by atoms with van der Waals surface area (Å²) >= 11 is 11.5. The number of amides is 1. The van der Waals surface area contributed by atoms with E-state index in [1.807, 2.05) is 0 Å². The number of rotatable bonds is 3. The normalized spacial score (nSPS) is 11.3. The van der Waals surface area contributed by atoms with E-state index in [2.05, 4.69) is 15.3 Å². The number of nitrogens with two attached hydrogens (primary N) is 1. The summed E-state index contributed by atoms with van der Waals surface area (Å²) in [4.78, 5) is 19.0. The number of halogens is 2. The van der Waals surface area contributed by atoms with E-state index in [-0.39, 0.29) is 28.3 Å². The van der Waals surface area contributed by atoms with Gasteiger partial charge >= 0.3 is 0 Å². The van der Waals surface area contributed by atoms with E-state index in [1.165, 1.54) is 6.33 Å². The molecule has 0 fully saturated rings. The van der Waals surface area contributed by atoms with Gasteiger partial charge in [-0.15, -0.1) is 0 Å². The summed E-state index contributed by atoms with van der Waals surface area (Å²) in [5, 5.41) is 2.73. The Morgan fingerprint density at radius 3 is 2.38 bits per heavy atom. The SMILES string of the molecule is CC(C)(N)CC(=O)Nc1c(Cl)ncnc1Cl. The Hall–Kier alpha value is -0.910. The number of nitrogens with one attached hydrogen (secondary N) is 1. The molecule has 1 amide bonds. The Labute approximate surface area is 103 Å². The highest BCUT2D eigenvalue weighted by Crippen LogP contribution is 2.26. The monoisotopic (exact) mass is 262 g/mol. The zero-order chi connectivity index (χ0) is 12.3. The molecule has 0 unspecified atom stereocenters. The van der Waals surface area contributed by atoms with Crippen LogP contribution in [0.1, 0.15) is 20.3 Å². The first-order valence-electron chi connectivity index (χ1n) is 4.54. The van der Waals surface area contributed by atoms with Crippen LogP contribution in [0.4, 0.5) is 5.69 Å². The van der Waals surface area contributed by atoms with Crippen molar-refractivity contribution >= 4 is 34.8 Å². The van der Waals surface area contributed by atoms with Gasteiger partial charge in [0.15, 0.2) is 10.3 Å². The summed E-state index contributed by atoms with van der Waals surface area (Å²) < 4.78 is 0. The fourth-order valence-corrected chi connectivity index (χ4v) is 1.45. The predicted molar refractivity (Wildman–Crippen MR) is 63.6 cm³/mol. The molecule has 0 aromatic carbocycles. The van der Waals surface area contributed by atoms with Crippen LogP contribution >= 0.6 is 23.2 Å². The van der Waals surface area contributed by atoms with E-state index in [1.54, 1.807) is 13.8 Å². The van der Waals surface area contributed by atoms with Gasteiger partial charge in [0.1, 0.15) is 12.0 Å². The first kappa shape index (κ1) is 13.2. The summed E-state index contributed by atoms with van der Waals surface area (Å²) in [5.41, 5.74) is 5.32. The van der Waals surface area contributed by atoms with E-state index in [0.29, 0.717) is 0 Å². The van der Waals surface area contributed by atoms with E-state index < -0.39 is 5.54 Å². The average Bonchev–Trinajstić information content (AvgIpc) is 2.08. The summed E-state index contributed by atoms with van der Waals surface area (Å²) in [7, 11) is 0. The second kappa shape index (κ2) is 4.95. The van der Waals surface area contributed by atoms with Crippen LogP contribution < -0.4 is 11.1 Å². The third-order valence-corrected chi connectivity index (χ3v) is 2.21. The number of anilines is 1. The van der Waals surface area contributed by atoms with Gasteiger partial charge in [-0.25, -0.2) is 9.97 Å². The first-order chi connectivity index (χ1) is 7.29. The van der Waals surface area contributed by atoms with E-state index in [9.17, 15) is 4.79 Å². The molecule has 0 saturated carbocycles. The zero-order valence-electron chi connectivity index (χ0n) is 8.92. The second-order valence-electron chi connectivity index (χ2n) is 4.04. The van der Waals surface area contributed by atoms with Crippen LogP contribution in [0.2, 0.25) is 10.3 Å². The average molecular weight is 263 g/mol. The smallest absolute Gasteiger partial charge is 0.226 e. The molecule has 88 valence electrons. The van der Waals surface area contributed by atoms with Gasteiger partial charge in [0.2, 0.25) is 5.91 Å². The minimum absolute atomic E-state index is 0.100. The maximum absolute atomic E-state index is 11.6. The summed E-state index contributed by atoms with van der Waals surface area (Å²) in [6, 6.07) is 0. The Morgan fingerprint density at radius 1 is 1.44 bits per heavy atom. The Bertz CT molecular complexity index is 383. The van der Waals surface area contributed by atoms with Crippen molar-refractivity contribution < 1.29 is 4.79 Å². The van der Waals surface area contributed by atoms with Crippen LogP contribution in [0.5, 0.6) is 0 Å². The molecule has 0 saturated heterocycles. The van der Waals surface area contributed by atoms with Crippen LogP contribution in [0.3, 0.4) is 0 Å². The zero-order valence-corrected chi connectivity index (χ0v) is 10.4.